The molecule has 1 aromatic carbocycles. The lowest BCUT2D eigenvalue weighted by atomic mass is 10.1. The third kappa shape index (κ3) is 4.49. The molecule has 0 bridgehead atoms. The number of carbonyl (C=O) groups is 1. The molecule has 0 unspecified atom stereocenters. The number of ketones is 1. The monoisotopic (exact) mass is 249 g/mol. The van der Waals surface area contributed by atoms with E-state index in [0.717, 1.165) is 18.6 Å². The molecule has 0 saturated carbocycles. The van der Waals surface area contributed by atoms with Crippen LogP contribution in [0.15, 0.2) is 24.3 Å². The first kappa shape index (κ1) is 14.7. The van der Waals surface area contributed by atoms with E-state index in [-0.39, 0.29) is 5.78 Å². The summed E-state index contributed by atoms with van der Waals surface area (Å²) in [6.07, 6.45) is 2.61. The molecule has 18 heavy (non-hydrogen) atoms. The smallest absolute Gasteiger partial charge is 0.164 e. The number of benzene rings is 1. The van der Waals surface area contributed by atoms with Gasteiger partial charge in [0.25, 0.3) is 0 Å². The molecule has 2 N–H and O–H groups in total. The molecule has 100 valence electrons. The molecule has 0 fully saturated rings. The van der Waals surface area contributed by atoms with Crippen LogP contribution in [-0.4, -0.2) is 18.9 Å². The summed E-state index contributed by atoms with van der Waals surface area (Å²) in [4.78, 5) is 11.7. The van der Waals surface area contributed by atoms with E-state index in [4.69, 9.17) is 10.5 Å². The van der Waals surface area contributed by atoms with E-state index < -0.39 is 0 Å². The first-order valence-corrected chi connectivity index (χ1v) is 6.67. The summed E-state index contributed by atoms with van der Waals surface area (Å²) in [7, 11) is 0. The van der Waals surface area contributed by atoms with Crippen molar-refractivity contribution in [2.45, 2.75) is 33.1 Å². The average Bonchev–Trinajstić information content (AvgIpc) is 2.40. The van der Waals surface area contributed by atoms with Crippen molar-refractivity contribution in [3.05, 3.63) is 29.8 Å². The number of rotatable bonds is 8. The van der Waals surface area contributed by atoms with Crippen molar-refractivity contribution in [2.24, 2.45) is 11.7 Å². The van der Waals surface area contributed by atoms with E-state index in [9.17, 15) is 4.79 Å². The highest BCUT2D eigenvalue weighted by atomic mass is 16.5. The minimum atomic E-state index is 0.0745. The maximum Gasteiger partial charge on any atom is 0.164 e. The van der Waals surface area contributed by atoms with Gasteiger partial charge in [-0.25, -0.2) is 0 Å². The number of hydrogen-bond acceptors (Lipinski definition) is 3. The fraction of sp³-hybridized carbons (Fsp3) is 0.533. The first-order chi connectivity index (χ1) is 8.71. The van der Waals surface area contributed by atoms with Crippen molar-refractivity contribution in [1.29, 1.82) is 0 Å². The van der Waals surface area contributed by atoms with Crippen LogP contribution in [0.25, 0.3) is 0 Å². The average molecular weight is 249 g/mol. The highest BCUT2D eigenvalue weighted by molar-refractivity contribution is 5.96. The lowest BCUT2D eigenvalue weighted by Crippen LogP contribution is -2.11. The van der Waals surface area contributed by atoms with E-state index in [1.54, 1.807) is 6.07 Å². The molecular weight excluding hydrogens is 226 g/mol. The number of hydrogen-bond donors (Lipinski definition) is 1. The molecule has 0 atom stereocenters. The molecular formula is C15H23NO2. The van der Waals surface area contributed by atoms with E-state index in [0.29, 0.717) is 31.1 Å². The zero-order chi connectivity index (χ0) is 13.4. The number of carbonyl (C=O) groups excluding carboxylic acids is 1. The Morgan fingerprint density at radius 2 is 2.06 bits per heavy atom. The van der Waals surface area contributed by atoms with Gasteiger partial charge in [-0.05, 0) is 24.6 Å². The van der Waals surface area contributed by atoms with Crippen molar-refractivity contribution in [3.8, 4) is 5.75 Å². The van der Waals surface area contributed by atoms with Crippen molar-refractivity contribution in [3.63, 3.8) is 0 Å². The van der Waals surface area contributed by atoms with Crippen molar-refractivity contribution >= 4 is 5.78 Å². The summed E-state index contributed by atoms with van der Waals surface area (Å²) in [5.41, 5.74) is 6.07. The molecule has 0 aliphatic rings. The Hall–Kier alpha value is -1.35. The van der Waals surface area contributed by atoms with Crippen molar-refractivity contribution in [2.75, 3.05) is 13.2 Å². The van der Waals surface area contributed by atoms with E-state index >= 15 is 0 Å². The van der Waals surface area contributed by atoms with Gasteiger partial charge in [0.15, 0.2) is 5.78 Å². The van der Waals surface area contributed by atoms with Gasteiger partial charge in [-0.1, -0.05) is 38.8 Å². The zero-order valence-electron chi connectivity index (χ0n) is 11.3. The lowest BCUT2D eigenvalue weighted by Gasteiger charge is -2.14. The molecule has 0 radical (unpaired) electrons. The number of nitrogens with two attached hydrogens (primary N) is 1. The van der Waals surface area contributed by atoms with Crippen LogP contribution in [0.5, 0.6) is 5.75 Å². The van der Waals surface area contributed by atoms with Gasteiger partial charge in [-0.2, -0.15) is 0 Å². The normalized spacial score (nSPS) is 10.7. The van der Waals surface area contributed by atoms with E-state index in [2.05, 4.69) is 13.8 Å². The van der Waals surface area contributed by atoms with Crippen LogP contribution in [0.4, 0.5) is 0 Å². The summed E-state index contributed by atoms with van der Waals surface area (Å²) in [6.45, 7) is 5.43. The molecule has 0 aromatic heterocycles. The first-order valence-electron chi connectivity index (χ1n) is 6.67. The molecule has 1 aromatic rings. The Kier molecular flexibility index (Phi) is 6.44. The Morgan fingerprint density at radius 3 is 2.67 bits per heavy atom. The number of ether oxygens (including phenoxy) is 1. The quantitative estimate of drug-likeness (QED) is 0.720. The van der Waals surface area contributed by atoms with Crippen molar-refractivity contribution in [1.82, 2.24) is 0 Å². The van der Waals surface area contributed by atoms with Crippen LogP contribution in [0.2, 0.25) is 0 Å². The Morgan fingerprint density at radius 1 is 1.33 bits per heavy atom. The van der Waals surface area contributed by atoms with E-state index in [1.165, 1.54) is 0 Å². The van der Waals surface area contributed by atoms with Crippen LogP contribution in [0.3, 0.4) is 0 Å². The maximum atomic E-state index is 11.7. The van der Waals surface area contributed by atoms with Crippen molar-refractivity contribution < 1.29 is 9.53 Å². The fourth-order valence-electron chi connectivity index (χ4n) is 1.77. The summed E-state index contributed by atoms with van der Waals surface area (Å²) < 4.78 is 5.74. The molecule has 0 saturated heterocycles. The third-order valence-electron chi connectivity index (χ3n) is 3.17. The van der Waals surface area contributed by atoms with Gasteiger partial charge in [0.2, 0.25) is 0 Å². The predicted octanol–water partition coefficient (Wildman–Crippen LogP) is 3.03. The fourth-order valence-corrected chi connectivity index (χ4v) is 1.77. The standard InChI is InChI=1S/C15H23NO2/c1-3-12(4-2)11-18-14-7-5-6-13(10-14)15(17)8-9-16/h5-7,10,12H,3-4,8-9,11,16H2,1-2H3. The highest BCUT2D eigenvalue weighted by Crippen LogP contribution is 2.17. The lowest BCUT2D eigenvalue weighted by molar-refractivity contribution is 0.0985. The SMILES string of the molecule is CCC(CC)COc1cccc(C(=O)CCN)c1. The summed E-state index contributed by atoms with van der Waals surface area (Å²) in [5.74, 6) is 1.42. The van der Waals surface area contributed by atoms with Crippen LogP contribution in [0.1, 0.15) is 43.5 Å². The second kappa shape index (κ2) is 7.88. The summed E-state index contributed by atoms with van der Waals surface area (Å²) in [6, 6.07) is 7.36. The molecule has 0 spiro atoms. The van der Waals surface area contributed by atoms with Crippen LogP contribution >= 0.6 is 0 Å². The molecule has 1 rings (SSSR count). The Labute approximate surface area is 109 Å². The molecule has 0 aliphatic carbocycles. The Balaban J connectivity index is 2.62. The zero-order valence-corrected chi connectivity index (χ0v) is 11.3. The van der Waals surface area contributed by atoms with Gasteiger partial charge >= 0.3 is 0 Å². The van der Waals surface area contributed by atoms with Gasteiger partial charge in [-0.3, -0.25) is 4.79 Å². The minimum absolute atomic E-state index is 0.0745. The molecule has 0 amide bonds. The van der Waals surface area contributed by atoms with Gasteiger partial charge in [0.1, 0.15) is 5.75 Å². The molecule has 0 aliphatic heterocycles. The molecule has 3 heteroatoms. The molecule has 3 nitrogen and oxygen atoms in total. The predicted molar refractivity (Wildman–Crippen MR) is 74.0 cm³/mol. The Bertz CT molecular complexity index is 373. The minimum Gasteiger partial charge on any atom is -0.493 e. The number of Topliss-reactive ketones (excluding diaryl/α,β-unsaturated/α-hetero) is 1. The van der Waals surface area contributed by atoms with Crippen LogP contribution < -0.4 is 10.5 Å². The van der Waals surface area contributed by atoms with Crippen LogP contribution in [-0.2, 0) is 0 Å². The van der Waals surface area contributed by atoms with Gasteiger partial charge in [0, 0.05) is 12.0 Å². The topological polar surface area (TPSA) is 52.3 Å². The maximum absolute atomic E-state index is 11.7. The molecule has 0 heterocycles. The van der Waals surface area contributed by atoms with Gasteiger partial charge in [0.05, 0.1) is 6.61 Å². The van der Waals surface area contributed by atoms with Gasteiger partial charge < -0.3 is 10.5 Å². The van der Waals surface area contributed by atoms with Crippen LogP contribution in [0, 0.1) is 5.92 Å². The second-order valence-electron chi connectivity index (χ2n) is 4.48. The van der Waals surface area contributed by atoms with Gasteiger partial charge in [-0.15, -0.1) is 0 Å². The third-order valence-corrected chi connectivity index (χ3v) is 3.17. The largest absolute Gasteiger partial charge is 0.493 e. The second-order valence-corrected chi connectivity index (χ2v) is 4.48. The summed E-state index contributed by atoms with van der Waals surface area (Å²) >= 11 is 0. The van der Waals surface area contributed by atoms with E-state index in [1.807, 2.05) is 18.2 Å². The highest BCUT2D eigenvalue weighted by Gasteiger charge is 2.07. The summed E-state index contributed by atoms with van der Waals surface area (Å²) in [5, 5.41) is 0.